The van der Waals surface area contributed by atoms with Crippen LogP contribution in [0.15, 0.2) is 283 Å². The lowest BCUT2D eigenvalue weighted by Crippen LogP contribution is -2.38. The lowest BCUT2D eigenvalue weighted by Gasteiger charge is -2.26. The van der Waals surface area contributed by atoms with Crippen LogP contribution in [-0.4, -0.2) is 143 Å². The molecular weight excluding hydrogens is 1890 g/mol. The largest absolute Gasteiger partial charge is 0.492 e. The number of hydrogen-bond acceptors (Lipinski definition) is 27. The number of nitrogens with one attached hydrogen (secondary N) is 10. The number of carbonyl (C=O) groups is 1. The monoisotopic (exact) mass is 1970 g/mol. The molecule has 15 heterocycles. The van der Waals surface area contributed by atoms with Gasteiger partial charge in [-0.25, -0.2) is 53.6 Å². The van der Waals surface area contributed by atoms with Gasteiger partial charge in [0.25, 0.3) is 5.91 Å². The van der Waals surface area contributed by atoms with Gasteiger partial charge in [0, 0.05) is 115 Å². The number of nitrogens with zero attached hydrogens (tertiary/aromatic N) is 14. The first-order valence-corrected chi connectivity index (χ1v) is 49.0. The van der Waals surface area contributed by atoms with Gasteiger partial charge < -0.3 is 41.4 Å². The van der Waals surface area contributed by atoms with E-state index < -0.39 is 5.82 Å². The average Bonchev–Trinajstić information content (AvgIpc) is 1.71. The Morgan fingerprint density at radius 2 is 0.755 bits per heavy atom. The van der Waals surface area contributed by atoms with E-state index in [2.05, 4.69) is 175 Å². The van der Waals surface area contributed by atoms with Gasteiger partial charge >= 0.3 is 0 Å². The molecule has 1 amide bonds. The van der Waals surface area contributed by atoms with Crippen LogP contribution in [0.4, 0.5) is 66.3 Å². The minimum absolute atomic E-state index is 0.222. The van der Waals surface area contributed by atoms with Crippen LogP contribution in [0.25, 0.3) is 150 Å². The summed E-state index contributed by atoms with van der Waals surface area (Å²) in [5.41, 5.74) is 13.8. The number of aromatic nitrogens is 17. The molecule has 1 fully saturated rings. The minimum atomic E-state index is -0.410. The van der Waals surface area contributed by atoms with Gasteiger partial charge in [-0.3, -0.25) is 30.1 Å². The van der Waals surface area contributed by atoms with E-state index in [1.165, 1.54) is 59.7 Å². The fourth-order valence-corrected chi connectivity index (χ4v) is 21.4. The molecule has 0 radical (unpaired) electrons. The number of aryl methyl sites for hydroxylation is 2. The molecule has 1 aliphatic heterocycles. The molecule has 0 aliphatic carbocycles. The minimum Gasteiger partial charge on any atom is -0.492 e. The number of fused-ring (bicyclic) bond motifs is 15. The topological polar surface area (TPSA) is 342 Å². The molecule has 139 heavy (non-hydrogen) atoms. The molecule has 1 aliphatic rings. The van der Waals surface area contributed by atoms with Gasteiger partial charge in [0.05, 0.1) is 103 Å². The number of aromatic amines is 4. The lowest BCUT2D eigenvalue weighted by atomic mass is 10.1. The van der Waals surface area contributed by atoms with Crippen molar-refractivity contribution in [2.45, 2.75) is 13.8 Å². The second-order valence-corrected chi connectivity index (χ2v) is 37.2. The van der Waals surface area contributed by atoms with Crippen LogP contribution in [0.1, 0.15) is 21.5 Å². The molecule has 27 nitrogen and oxygen atoms in total. The number of hydrogen-bond donors (Lipinski definition) is 10. The molecule has 10 N–H and O–H groups in total. The Bertz CT molecular complexity index is 8130. The third kappa shape index (κ3) is 18.6. The van der Waals surface area contributed by atoms with Crippen LogP contribution in [-0.2, 0) is 4.74 Å². The van der Waals surface area contributed by atoms with E-state index in [-0.39, 0.29) is 17.4 Å². The SMILES string of the molecule is CNC(=O)c1cccc2c1nc(Nc1cc(OCCN3CCOCC3)ccc1F)c1sccc12.Cc1cccc(Cl)c1Nc1nc2c(-c3ncn[nH]3)cccc2c2ccsc12.Cc1ccccc1Nc1nc2c(-c3ncn[nH]3)cccc2c2ccsc12.Clc1ccccc1Nc1nc2c(-c3ncn[nH]3)cccc2c2ccsc12.Fc1ccccc1Nc1nc2c(-c3ncn[nH]3)cccc2c2ccsc12. The molecule has 25 rings (SSSR count). The summed E-state index contributed by atoms with van der Waals surface area (Å²) in [6.45, 7) is 8.67. The summed E-state index contributed by atoms with van der Waals surface area (Å²) in [7, 11) is 1.59. The van der Waals surface area contributed by atoms with Gasteiger partial charge in [-0.1, -0.05) is 138 Å². The molecule has 0 unspecified atom stereocenters. The molecule has 36 heteroatoms. The van der Waals surface area contributed by atoms with E-state index in [9.17, 15) is 13.6 Å². The van der Waals surface area contributed by atoms with Crippen molar-refractivity contribution in [2.24, 2.45) is 0 Å². The van der Waals surface area contributed by atoms with Crippen LogP contribution < -0.4 is 36.6 Å². The number of para-hydroxylation sites is 9. The number of morpholine rings is 1. The molecule has 0 atom stereocenters. The van der Waals surface area contributed by atoms with Crippen molar-refractivity contribution < 1.29 is 23.0 Å². The molecule has 1 saturated heterocycles. The first kappa shape index (κ1) is 89.8. The van der Waals surface area contributed by atoms with Gasteiger partial charge in [-0.2, -0.15) is 20.4 Å². The summed E-state index contributed by atoms with van der Waals surface area (Å²) in [5.74, 6) is 5.94. The number of H-pyrrole nitrogens is 4. The highest BCUT2D eigenvalue weighted by atomic mass is 35.5. The Morgan fingerprint density at radius 1 is 0.388 bits per heavy atom. The first-order chi connectivity index (χ1) is 68.3. The van der Waals surface area contributed by atoms with Crippen molar-refractivity contribution in [3.05, 3.63) is 321 Å². The average molecular weight is 1970 g/mol. The van der Waals surface area contributed by atoms with E-state index in [1.807, 2.05) is 145 Å². The summed E-state index contributed by atoms with van der Waals surface area (Å²) in [6.07, 6.45) is 5.99. The zero-order valence-corrected chi connectivity index (χ0v) is 79.5. The summed E-state index contributed by atoms with van der Waals surface area (Å²) < 4.78 is 45.3. The Kier molecular flexibility index (Phi) is 26.0. The highest BCUT2D eigenvalue weighted by molar-refractivity contribution is 7.19. The fourth-order valence-electron chi connectivity index (χ4n) is 16.7. The van der Waals surface area contributed by atoms with Crippen LogP contribution in [0, 0.1) is 25.5 Å². The maximum Gasteiger partial charge on any atom is 0.253 e. The van der Waals surface area contributed by atoms with E-state index in [4.69, 9.17) is 57.6 Å². The predicted molar refractivity (Wildman–Crippen MR) is 561 cm³/mol. The van der Waals surface area contributed by atoms with Crippen LogP contribution in [0.2, 0.25) is 10.0 Å². The highest BCUT2D eigenvalue weighted by Gasteiger charge is 2.25. The smallest absolute Gasteiger partial charge is 0.253 e. The Labute approximate surface area is 820 Å². The molecule has 0 saturated carbocycles. The third-order valence-corrected chi connectivity index (χ3v) is 28.6. The van der Waals surface area contributed by atoms with E-state index in [0.29, 0.717) is 68.3 Å². The van der Waals surface area contributed by atoms with E-state index >= 15 is 0 Å². The molecule has 0 spiro atoms. The number of rotatable bonds is 19. The highest BCUT2D eigenvalue weighted by Crippen LogP contribution is 2.46. The number of thiophene rings is 5. The quantitative estimate of drug-likeness (QED) is 0.0359. The van der Waals surface area contributed by atoms with Gasteiger partial charge in [0.15, 0.2) is 23.3 Å². The summed E-state index contributed by atoms with van der Waals surface area (Å²) in [5, 5.41) is 69.1. The zero-order valence-electron chi connectivity index (χ0n) is 73.9. The Balaban J connectivity index is 0.000000104. The number of pyridine rings is 5. The van der Waals surface area contributed by atoms with E-state index in [1.54, 1.807) is 88.8 Å². The van der Waals surface area contributed by atoms with Gasteiger partial charge in [-0.05, 0) is 161 Å². The number of halogens is 4. The summed E-state index contributed by atoms with van der Waals surface area (Å²) in [6, 6.07) is 73.2. The Morgan fingerprint density at radius 3 is 1.19 bits per heavy atom. The van der Waals surface area contributed by atoms with Crippen LogP contribution in [0.3, 0.4) is 0 Å². The molecule has 0 bridgehead atoms. The van der Waals surface area contributed by atoms with Crippen molar-refractivity contribution in [3.8, 4) is 51.3 Å². The summed E-state index contributed by atoms with van der Waals surface area (Å²) in [4.78, 5) is 56.3. The maximum atomic E-state index is 14.7. The number of amides is 1. The van der Waals surface area contributed by atoms with Gasteiger partial charge in [-0.15, -0.1) is 56.7 Å². The predicted octanol–water partition coefficient (Wildman–Crippen LogP) is 26.4. The number of benzene rings is 10. The van der Waals surface area contributed by atoms with Crippen molar-refractivity contribution in [1.29, 1.82) is 0 Å². The van der Waals surface area contributed by atoms with Crippen molar-refractivity contribution >= 4 is 248 Å². The molecule has 10 aromatic carbocycles. The Hall–Kier alpha value is -15.8. The van der Waals surface area contributed by atoms with Crippen molar-refractivity contribution in [2.75, 3.05) is 73.1 Å². The number of ether oxygens (including phenoxy) is 2. The van der Waals surface area contributed by atoms with Crippen LogP contribution >= 0.6 is 79.9 Å². The van der Waals surface area contributed by atoms with Crippen molar-refractivity contribution in [1.82, 2.24) is 95.9 Å². The van der Waals surface area contributed by atoms with Crippen LogP contribution in [0.5, 0.6) is 5.75 Å². The normalized spacial score (nSPS) is 12.1. The lowest BCUT2D eigenvalue weighted by molar-refractivity contribution is 0.0322. The third-order valence-electron chi connectivity index (χ3n) is 23.4. The molecular formula is C103H78Cl2F2N24O3S5. The molecule has 24 aromatic rings. The fraction of sp³-hybridized carbons (Fsp3) is 0.0874. The molecule has 686 valence electrons. The number of anilines is 10. The van der Waals surface area contributed by atoms with Gasteiger partial charge in [0.1, 0.15) is 78.4 Å². The van der Waals surface area contributed by atoms with Gasteiger partial charge in [0.2, 0.25) is 0 Å². The van der Waals surface area contributed by atoms with E-state index in [0.717, 1.165) is 195 Å². The zero-order chi connectivity index (χ0) is 94.4. The molecule has 14 aromatic heterocycles. The number of carbonyl (C=O) groups excluding carboxylic acids is 1. The second kappa shape index (κ2) is 40.3. The standard InChI is InChI=1S/C25H25FN4O3S.C20H14ClN5S.C20H15N5S.C19H12ClN5S.C19H12FN5S/c1-27-25(31)19-4-2-3-17-18-7-14-34-23(18)24(29-22(17)19)28-21-15-16(5-6-20(21)26)33-13-10-30-8-11-32-12-9-30;1-11-4-2-7-15(21)16(11)24-20-18-13(8-9-27-18)12-5-3-6-14(17(12)25-20)19-22-10-23-26-19;1-12-5-2-3-8-16(12)23-20-18-14(9-10-26-18)13-6-4-7-15(17(13)24-20)19-21-11-22-25-19;2*20-14-6-1-2-7-15(14)23-19-17-12(8-9-26-17)11-4-3-5-13(16(11)24-19)18-21-10-22-25-18/h2-7,14-15H,8-13H2,1H3,(H,27,31)(H,28,29);2-10H,1H3,(H,24,25)(H,22,23,26);2-11H,1H3,(H,23,24)(H,21,22,25);2*1-10H,(H,23,24)(H,21,22,25). The van der Waals surface area contributed by atoms with Crippen molar-refractivity contribution in [3.63, 3.8) is 0 Å². The maximum absolute atomic E-state index is 14.7. The first-order valence-electron chi connectivity index (χ1n) is 43.8. The summed E-state index contributed by atoms with van der Waals surface area (Å²) >= 11 is 20.8. The second-order valence-electron chi connectivity index (χ2n) is 31.8.